The van der Waals surface area contributed by atoms with Gasteiger partial charge in [-0.3, -0.25) is 14.6 Å². The van der Waals surface area contributed by atoms with Gasteiger partial charge in [-0.15, -0.1) is 0 Å². The van der Waals surface area contributed by atoms with Crippen LogP contribution in [0.25, 0.3) is 11.4 Å². The van der Waals surface area contributed by atoms with E-state index in [-0.39, 0.29) is 16.1 Å². The Labute approximate surface area is 183 Å². The highest BCUT2D eigenvalue weighted by Crippen LogP contribution is 2.21. The van der Waals surface area contributed by atoms with Gasteiger partial charge in [0.1, 0.15) is 11.6 Å². The van der Waals surface area contributed by atoms with Crippen LogP contribution in [0.2, 0.25) is 0 Å². The van der Waals surface area contributed by atoms with Crippen molar-refractivity contribution >= 4 is 27.3 Å². The lowest BCUT2D eigenvalue weighted by molar-refractivity contribution is 0.102. The van der Waals surface area contributed by atoms with Crippen molar-refractivity contribution in [3.05, 3.63) is 90.0 Å². The number of nitrogens with zero attached hydrogens (tertiary/aromatic N) is 2. The molecule has 0 fully saturated rings. The summed E-state index contributed by atoms with van der Waals surface area (Å²) in [5.74, 6) is 0.210. The van der Waals surface area contributed by atoms with Crippen LogP contribution >= 0.6 is 0 Å². The number of hydrogen-bond acceptors (Lipinski definition) is 5. The van der Waals surface area contributed by atoms with Crippen LogP contribution in [-0.2, 0) is 10.0 Å². The lowest BCUT2D eigenvalue weighted by atomic mass is 10.1. The van der Waals surface area contributed by atoms with E-state index in [1.807, 2.05) is 6.07 Å². The number of benzene rings is 3. The third-order valence-corrected chi connectivity index (χ3v) is 5.86. The van der Waals surface area contributed by atoms with Crippen molar-refractivity contribution in [2.24, 2.45) is 0 Å². The SMILES string of the molecule is Cc1nc(-c2cccc(NC(=O)c3cccc(S(=O)(=O)Nc4ccc(F)cc4)c3)c2)n[nH]1. The average molecular weight is 451 g/mol. The summed E-state index contributed by atoms with van der Waals surface area (Å²) >= 11 is 0. The minimum atomic E-state index is -3.97. The van der Waals surface area contributed by atoms with Gasteiger partial charge in [0.15, 0.2) is 5.82 Å². The first kappa shape index (κ1) is 21.2. The molecule has 0 unspecified atom stereocenters. The molecule has 0 radical (unpaired) electrons. The number of anilines is 2. The van der Waals surface area contributed by atoms with E-state index in [0.29, 0.717) is 22.9 Å². The molecular weight excluding hydrogens is 433 g/mol. The van der Waals surface area contributed by atoms with Gasteiger partial charge in [-0.1, -0.05) is 18.2 Å². The molecule has 1 aromatic heterocycles. The second-order valence-corrected chi connectivity index (χ2v) is 8.60. The Kier molecular flexibility index (Phi) is 5.69. The maximum Gasteiger partial charge on any atom is 0.261 e. The van der Waals surface area contributed by atoms with E-state index in [9.17, 15) is 17.6 Å². The summed E-state index contributed by atoms with van der Waals surface area (Å²) in [5.41, 5.74) is 1.59. The molecule has 0 saturated carbocycles. The number of aromatic nitrogens is 3. The van der Waals surface area contributed by atoms with Crippen molar-refractivity contribution in [3.63, 3.8) is 0 Å². The zero-order valence-electron chi connectivity index (χ0n) is 16.8. The Morgan fingerprint density at radius 1 is 0.969 bits per heavy atom. The van der Waals surface area contributed by atoms with E-state index >= 15 is 0 Å². The number of aromatic amines is 1. The molecule has 0 aliphatic heterocycles. The monoisotopic (exact) mass is 451 g/mol. The molecule has 162 valence electrons. The first-order chi connectivity index (χ1) is 15.3. The molecule has 0 bridgehead atoms. The number of carbonyl (C=O) groups is 1. The maximum absolute atomic E-state index is 13.1. The number of hydrogen-bond donors (Lipinski definition) is 3. The highest BCUT2D eigenvalue weighted by Gasteiger charge is 2.17. The van der Waals surface area contributed by atoms with Gasteiger partial charge in [-0.05, 0) is 61.5 Å². The van der Waals surface area contributed by atoms with Crippen molar-refractivity contribution in [2.45, 2.75) is 11.8 Å². The van der Waals surface area contributed by atoms with Crippen molar-refractivity contribution in [1.82, 2.24) is 15.2 Å². The molecule has 0 saturated heterocycles. The summed E-state index contributed by atoms with van der Waals surface area (Å²) in [4.78, 5) is 16.9. The van der Waals surface area contributed by atoms with Crippen LogP contribution in [0, 0.1) is 12.7 Å². The summed E-state index contributed by atoms with van der Waals surface area (Å²) in [6.45, 7) is 1.79. The van der Waals surface area contributed by atoms with Crippen LogP contribution in [0.3, 0.4) is 0 Å². The molecule has 0 aliphatic carbocycles. The van der Waals surface area contributed by atoms with E-state index in [1.54, 1.807) is 25.1 Å². The number of rotatable bonds is 6. The van der Waals surface area contributed by atoms with Crippen molar-refractivity contribution in [3.8, 4) is 11.4 Å². The molecule has 0 aliphatic rings. The molecule has 10 heteroatoms. The van der Waals surface area contributed by atoms with Crippen LogP contribution in [-0.4, -0.2) is 29.5 Å². The number of halogens is 1. The normalized spacial score (nSPS) is 11.2. The summed E-state index contributed by atoms with van der Waals surface area (Å²) in [5, 5.41) is 9.61. The summed E-state index contributed by atoms with van der Waals surface area (Å²) < 4.78 is 40.8. The fourth-order valence-corrected chi connectivity index (χ4v) is 4.05. The molecule has 1 heterocycles. The van der Waals surface area contributed by atoms with E-state index in [0.717, 1.165) is 12.1 Å². The lowest BCUT2D eigenvalue weighted by Gasteiger charge is -2.10. The summed E-state index contributed by atoms with van der Waals surface area (Å²) in [6.07, 6.45) is 0. The zero-order chi connectivity index (χ0) is 22.7. The third kappa shape index (κ3) is 4.81. The Bertz CT molecular complexity index is 1380. The predicted octanol–water partition coefficient (Wildman–Crippen LogP) is 3.97. The standard InChI is InChI=1S/C22H18FN5O3S/c1-14-24-21(27-26-14)15-4-2-6-19(12-15)25-22(29)16-5-3-7-20(13-16)32(30,31)28-18-10-8-17(23)9-11-18/h2-13,28H,1H3,(H,25,29)(H,24,26,27). The van der Waals surface area contributed by atoms with Gasteiger partial charge in [-0.2, -0.15) is 5.10 Å². The minimum Gasteiger partial charge on any atom is -0.322 e. The van der Waals surface area contributed by atoms with Gasteiger partial charge >= 0.3 is 0 Å². The first-order valence-corrected chi connectivity index (χ1v) is 11.0. The van der Waals surface area contributed by atoms with Crippen LogP contribution in [0.4, 0.5) is 15.8 Å². The molecule has 1 amide bonds. The molecule has 0 spiro atoms. The fourth-order valence-electron chi connectivity index (χ4n) is 2.95. The molecular formula is C22H18FN5O3S. The van der Waals surface area contributed by atoms with Crippen LogP contribution in [0.15, 0.2) is 77.7 Å². The topological polar surface area (TPSA) is 117 Å². The maximum atomic E-state index is 13.1. The van der Waals surface area contributed by atoms with Crippen LogP contribution in [0.1, 0.15) is 16.2 Å². The number of carbonyl (C=O) groups excluding carboxylic acids is 1. The number of H-pyrrole nitrogens is 1. The van der Waals surface area contributed by atoms with Gasteiger partial charge in [0.2, 0.25) is 0 Å². The van der Waals surface area contributed by atoms with Gasteiger partial charge in [0, 0.05) is 22.5 Å². The molecule has 0 atom stereocenters. The predicted molar refractivity (Wildman–Crippen MR) is 118 cm³/mol. The molecule has 32 heavy (non-hydrogen) atoms. The average Bonchev–Trinajstić information content (AvgIpc) is 3.22. The Balaban J connectivity index is 1.53. The quantitative estimate of drug-likeness (QED) is 0.410. The first-order valence-electron chi connectivity index (χ1n) is 9.49. The largest absolute Gasteiger partial charge is 0.322 e. The molecule has 8 nitrogen and oxygen atoms in total. The third-order valence-electron chi connectivity index (χ3n) is 4.48. The van der Waals surface area contributed by atoms with Gasteiger partial charge in [0.05, 0.1) is 4.90 Å². The van der Waals surface area contributed by atoms with E-state index in [4.69, 9.17) is 0 Å². The van der Waals surface area contributed by atoms with Gasteiger partial charge in [0.25, 0.3) is 15.9 Å². The molecule has 3 N–H and O–H groups in total. The Hall–Kier alpha value is -4.05. The minimum absolute atomic E-state index is 0.0978. The zero-order valence-corrected chi connectivity index (χ0v) is 17.7. The van der Waals surface area contributed by atoms with Gasteiger partial charge < -0.3 is 5.32 Å². The second kappa shape index (κ2) is 8.60. The smallest absolute Gasteiger partial charge is 0.261 e. The van der Waals surface area contributed by atoms with E-state index in [1.165, 1.54) is 36.4 Å². The van der Waals surface area contributed by atoms with Crippen molar-refractivity contribution in [1.29, 1.82) is 0 Å². The highest BCUT2D eigenvalue weighted by atomic mass is 32.2. The highest BCUT2D eigenvalue weighted by molar-refractivity contribution is 7.92. The van der Waals surface area contributed by atoms with Crippen LogP contribution < -0.4 is 10.0 Å². The fraction of sp³-hybridized carbons (Fsp3) is 0.0455. The number of sulfonamides is 1. The number of amides is 1. The lowest BCUT2D eigenvalue weighted by Crippen LogP contribution is -2.16. The number of aryl methyl sites for hydroxylation is 1. The summed E-state index contributed by atoms with van der Waals surface area (Å²) in [7, 11) is -3.97. The van der Waals surface area contributed by atoms with Crippen molar-refractivity contribution in [2.75, 3.05) is 10.0 Å². The molecule has 3 aromatic carbocycles. The van der Waals surface area contributed by atoms with Crippen molar-refractivity contribution < 1.29 is 17.6 Å². The Morgan fingerprint density at radius 3 is 2.44 bits per heavy atom. The number of nitrogens with one attached hydrogen (secondary N) is 3. The second-order valence-electron chi connectivity index (χ2n) is 6.92. The summed E-state index contributed by atoms with van der Waals surface area (Å²) in [6, 6.07) is 17.5. The van der Waals surface area contributed by atoms with Crippen LogP contribution in [0.5, 0.6) is 0 Å². The van der Waals surface area contributed by atoms with Gasteiger partial charge in [-0.25, -0.2) is 17.8 Å². The molecule has 4 aromatic rings. The Morgan fingerprint density at radius 2 is 1.72 bits per heavy atom. The van der Waals surface area contributed by atoms with E-state index < -0.39 is 21.7 Å². The van der Waals surface area contributed by atoms with E-state index in [2.05, 4.69) is 25.2 Å². The molecule has 4 rings (SSSR count).